The number of benzene rings is 1. The van der Waals surface area contributed by atoms with E-state index >= 15 is 0 Å². The quantitative estimate of drug-likeness (QED) is 0.745. The number of halogens is 1. The summed E-state index contributed by atoms with van der Waals surface area (Å²) < 4.78 is 2.13. The molecule has 0 aliphatic rings. The zero-order valence-corrected chi connectivity index (χ0v) is 8.84. The fourth-order valence-electron chi connectivity index (χ4n) is 1.51. The van der Waals surface area contributed by atoms with E-state index in [1.54, 1.807) is 0 Å². The van der Waals surface area contributed by atoms with Crippen LogP contribution in [0.2, 0.25) is 0 Å². The van der Waals surface area contributed by atoms with Crippen molar-refractivity contribution in [2.24, 2.45) is 0 Å². The summed E-state index contributed by atoms with van der Waals surface area (Å²) in [6, 6.07) is 8.04. The van der Waals surface area contributed by atoms with Gasteiger partial charge in [-0.2, -0.15) is 0 Å². The highest BCUT2D eigenvalue weighted by Gasteiger charge is 1.99. The van der Waals surface area contributed by atoms with Crippen molar-refractivity contribution in [3.8, 4) is 0 Å². The number of aromatic nitrogens is 1. The molecule has 0 bridgehead atoms. The predicted molar refractivity (Wildman–Crippen MR) is 62.7 cm³/mol. The van der Waals surface area contributed by atoms with Crippen LogP contribution in [0.4, 0.5) is 5.69 Å². The highest BCUT2D eigenvalue weighted by Crippen LogP contribution is 2.18. The van der Waals surface area contributed by atoms with Crippen molar-refractivity contribution in [1.29, 1.82) is 0 Å². The van der Waals surface area contributed by atoms with Gasteiger partial charge in [-0.1, -0.05) is 6.07 Å². The molecule has 3 nitrogen and oxygen atoms in total. The van der Waals surface area contributed by atoms with Crippen LogP contribution >= 0.6 is 12.4 Å². The normalized spacial score (nSPS) is 10.1. The van der Waals surface area contributed by atoms with Gasteiger partial charge in [0.25, 0.3) is 0 Å². The number of hydrogen-bond acceptors (Lipinski definition) is 2. The maximum Gasteiger partial charge on any atom is 0.0723 e. The number of nitrogens with one attached hydrogen (secondary N) is 1. The smallest absolute Gasteiger partial charge is 0.0723 e. The maximum absolute atomic E-state index is 5.71. The summed E-state index contributed by atoms with van der Waals surface area (Å²) in [6.07, 6.45) is 2.06. The van der Waals surface area contributed by atoms with Gasteiger partial charge in [-0.05, 0) is 30.6 Å². The average molecular weight is 212 g/mol. The van der Waals surface area contributed by atoms with E-state index in [1.165, 1.54) is 10.9 Å². The summed E-state index contributed by atoms with van der Waals surface area (Å²) in [4.78, 5) is 0. The van der Waals surface area contributed by atoms with Crippen molar-refractivity contribution < 1.29 is 0 Å². The van der Waals surface area contributed by atoms with Crippen LogP contribution in [0.25, 0.3) is 10.9 Å². The van der Waals surface area contributed by atoms with Crippen LogP contribution in [0.3, 0.4) is 0 Å². The van der Waals surface area contributed by atoms with E-state index in [2.05, 4.69) is 22.1 Å². The second kappa shape index (κ2) is 4.35. The third-order valence-electron chi connectivity index (χ3n) is 2.13. The van der Waals surface area contributed by atoms with Crippen LogP contribution < -0.4 is 11.1 Å². The molecule has 1 aromatic carbocycles. The molecule has 1 aromatic heterocycles. The van der Waals surface area contributed by atoms with E-state index in [0.717, 1.165) is 12.4 Å². The van der Waals surface area contributed by atoms with Gasteiger partial charge in [0.05, 0.1) is 12.2 Å². The van der Waals surface area contributed by atoms with Crippen LogP contribution in [-0.2, 0) is 6.67 Å². The van der Waals surface area contributed by atoms with Crippen LogP contribution in [0, 0.1) is 0 Å². The van der Waals surface area contributed by atoms with Crippen LogP contribution in [0.5, 0.6) is 0 Å². The number of nitrogens with zero attached hydrogens (tertiary/aromatic N) is 1. The van der Waals surface area contributed by atoms with Gasteiger partial charge < -0.3 is 15.6 Å². The summed E-state index contributed by atoms with van der Waals surface area (Å²) in [6.45, 7) is 0.812. The third-order valence-corrected chi connectivity index (χ3v) is 2.13. The first-order chi connectivity index (χ1) is 6.31. The Morgan fingerprint density at radius 2 is 2.14 bits per heavy atom. The van der Waals surface area contributed by atoms with Crippen LogP contribution in [0.1, 0.15) is 0 Å². The van der Waals surface area contributed by atoms with E-state index in [9.17, 15) is 0 Å². The minimum Gasteiger partial charge on any atom is -0.399 e. The summed E-state index contributed by atoms with van der Waals surface area (Å²) in [5, 5.41) is 4.33. The number of nitrogen functional groups attached to an aromatic ring is 1. The van der Waals surface area contributed by atoms with Crippen LogP contribution in [-0.4, -0.2) is 11.6 Å². The Morgan fingerprint density at radius 1 is 1.36 bits per heavy atom. The van der Waals surface area contributed by atoms with Crippen molar-refractivity contribution in [2.75, 3.05) is 12.8 Å². The van der Waals surface area contributed by atoms with Gasteiger partial charge in [-0.3, -0.25) is 0 Å². The van der Waals surface area contributed by atoms with Gasteiger partial charge in [0, 0.05) is 11.9 Å². The zero-order valence-electron chi connectivity index (χ0n) is 8.03. The second-order valence-electron chi connectivity index (χ2n) is 3.12. The first-order valence-electron chi connectivity index (χ1n) is 4.30. The largest absolute Gasteiger partial charge is 0.399 e. The Labute approximate surface area is 89.3 Å². The molecule has 14 heavy (non-hydrogen) atoms. The molecule has 0 spiro atoms. The first-order valence-corrected chi connectivity index (χ1v) is 4.30. The molecular weight excluding hydrogens is 198 g/mol. The molecule has 0 aliphatic heterocycles. The lowest BCUT2D eigenvalue weighted by atomic mass is 10.2. The Balaban J connectivity index is 0.000000980. The standard InChI is InChI=1S/C10H13N3.ClH/c1-12-7-13-5-4-8-2-3-9(11)6-10(8)13;/h2-6,12H,7,11H2,1H3;1H. The molecule has 4 heteroatoms. The van der Waals surface area contributed by atoms with E-state index in [4.69, 9.17) is 5.73 Å². The molecule has 0 aliphatic carbocycles. The Kier molecular flexibility index (Phi) is 3.38. The molecule has 2 rings (SSSR count). The van der Waals surface area contributed by atoms with Crippen molar-refractivity contribution >= 4 is 29.0 Å². The Bertz CT molecular complexity index is 422. The van der Waals surface area contributed by atoms with E-state index in [1.807, 2.05) is 25.2 Å². The average Bonchev–Trinajstić information content (AvgIpc) is 2.49. The monoisotopic (exact) mass is 211 g/mol. The van der Waals surface area contributed by atoms with Crippen molar-refractivity contribution in [3.05, 3.63) is 30.5 Å². The summed E-state index contributed by atoms with van der Waals surface area (Å²) in [5.41, 5.74) is 7.70. The fraction of sp³-hybridized carbons (Fsp3) is 0.200. The molecule has 0 radical (unpaired) electrons. The van der Waals surface area contributed by atoms with Gasteiger partial charge in [-0.15, -0.1) is 12.4 Å². The van der Waals surface area contributed by atoms with Crippen molar-refractivity contribution in [3.63, 3.8) is 0 Å². The molecule has 0 saturated carbocycles. The lowest BCUT2D eigenvalue weighted by molar-refractivity contribution is 0.637. The Hall–Kier alpha value is -1.19. The number of hydrogen-bond donors (Lipinski definition) is 2. The maximum atomic E-state index is 5.71. The molecule has 2 aromatic rings. The molecule has 76 valence electrons. The zero-order chi connectivity index (χ0) is 9.26. The van der Waals surface area contributed by atoms with Gasteiger partial charge in [0.1, 0.15) is 0 Å². The topological polar surface area (TPSA) is 43.0 Å². The lowest BCUT2D eigenvalue weighted by Gasteiger charge is -2.03. The molecule has 0 saturated heterocycles. The highest BCUT2D eigenvalue weighted by molar-refractivity contribution is 5.85. The SMILES string of the molecule is CNCn1ccc2ccc(N)cc21.Cl. The minimum atomic E-state index is 0. The van der Waals surface area contributed by atoms with E-state index in [0.29, 0.717) is 0 Å². The first kappa shape index (κ1) is 10.9. The molecule has 0 unspecified atom stereocenters. The molecule has 3 N–H and O–H groups in total. The van der Waals surface area contributed by atoms with Crippen molar-refractivity contribution in [1.82, 2.24) is 9.88 Å². The molecule has 0 amide bonds. The lowest BCUT2D eigenvalue weighted by Crippen LogP contribution is -2.11. The van der Waals surface area contributed by atoms with Gasteiger partial charge in [-0.25, -0.2) is 0 Å². The van der Waals surface area contributed by atoms with E-state index < -0.39 is 0 Å². The van der Waals surface area contributed by atoms with Gasteiger partial charge in [0.15, 0.2) is 0 Å². The van der Waals surface area contributed by atoms with E-state index in [-0.39, 0.29) is 12.4 Å². The number of nitrogens with two attached hydrogens (primary N) is 1. The summed E-state index contributed by atoms with van der Waals surface area (Å²) in [5.74, 6) is 0. The van der Waals surface area contributed by atoms with Crippen molar-refractivity contribution in [2.45, 2.75) is 6.67 Å². The molecule has 0 atom stereocenters. The summed E-state index contributed by atoms with van der Waals surface area (Å²) >= 11 is 0. The molecular formula is C10H14ClN3. The second-order valence-corrected chi connectivity index (χ2v) is 3.12. The van der Waals surface area contributed by atoms with Gasteiger partial charge in [0.2, 0.25) is 0 Å². The Morgan fingerprint density at radius 3 is 2.86 bits per heavy atom. The minimum absolute atomic E-state index is 0. The van der Waals surface area contributed by atoms with Gasteiger partial charge >= 0.3 is 0 Å². The van der Waals surface area contributed by atoms with Crippen LogP contribution in [0.15, 0.2) is 30.5 Å². The fourth-order valence-corrected chi connectivity index (χ4v) is 1.51. The summed E-state index contributed by atoms with van der Waals surface area (Å²) in [7, 11) is 1.93. The molecule has 0 fully saturated rings. The number of fused-ring (bicyclic) bond motifs is 1. The number of rotatable bonds is 2. The molecule has 1 heterocycles. The highest BCUT2D eigenvalue weighted by atomic mass is 35.5. The predicted octanol–water partition coefficient (Wildman–Crippen LogP) is 1.82. The third kappa shape index (κ3) is 1.84. The number of anilines is 1.